The van der Waals surface area contributed by atoms with Crippen LogP contribution in [0.4, 0.5) is 9.59 Å². The van der Waals surface area contributed by atoms with E-state index in [4.69, 9.17) is 18.9 Å². The number of benzene rings is 2. The molecule has 0 saturated heterocycles. The van der Waals surface area contributed by atoms with Crippen molar-refractivity contribution in [3.63, 3.8) is 0 Å². The largest absolute Gasteiger partial charge is 0.459 e. The Morgan fingerprint density at radius 1 is 0.730 bits per heavy atom. The van der Waals surface area contributed by atoms with Gasteiger partial charge in [-0.3, -0.25) is 0 Å². The fourth-order valence-electron chi connectivity index (χ4n) is 2.97. The summed E-state index contributed by atoms with van der Waals surface area (Å²) in [7, 11) is 0. The van der Waals surface area contributed by atoms with Crippen LogP contribution in [-0.2, 0) is 41.8 Å². The van der Waals surface area contributed by atoms with Crippen LogP contribution in [0.1, 0.15) is 45.7 Å². The first-order valence-corrected chi connectivity index (χ1v) is 11.8. The van der Waals surface area contributed by atoms with Crippen molar-refractivity contribution in [1.82, 2.24) is 10.6 Å². The zero-order chi connectivity index (χ0) is 27.4. The monoisotopic (exact) mass is 514 g/mol. The molecule has 200 valence electrons. The molecule has 0 aliphatic rings. The van der Waals surface area contributed by atoms with E-state index in [9.17, 15) is 19.2 Å². The van der Waals surface area contributed by atoms with E-state index in [0.717, 1.165) is 11.1 Å². The van der Waals surface area contributed by atoms with Gasteiger partial charge in [0.1, 0.15) is 31.0 Å². The number of hydrogen-bond donors (Lipinski definition) is 2. The first-order valence-electron chi connectivity index (χ1n) is 11.8. The Kier molecular flexibility index (Phi) is 10.9. The Morgan fingerprint density at radius 3 is 1.76 bits per heavy atom. The molecular formula is C27H34N2O8. The number of ether oxygens (including phenoxy) is 4. The Balaban J connectivity index is 1.97. The topological polar surface area (TPSA) is 129 Å². The maximum Gasteiger partial charge on any atom is 0.408 e. The van der Waals surface area contributed by atoms with Gasteiger partial charge in [-0.1, -0.05) is 60.7 Å². The first-order chi connectivity index (χ1) is 17.4. The van der Waals surface area contributed by atoms with E-state index in [0.29, 0.717) is 0 Å². The van der Waals surface area contributed by atoms with E-state index in [1.54, 1.807) is 57.2 Å². The van der Waals surface area contributed by atoms with Gasteiger partial charge in [0.2, 0.25) is 0 Å². The second-order valence-electron chi connectivity index (χ2n) is 9.29. The van der Waals surface area contributed by atoms with Gasteiger partial charge in [0, 0.05) is 0 Å². The molecule has 0 aliphatic heterocycles. The molecule has 2 N–H and O–H groups in total. The summed E-state index contributed by atoms with van der Waals surface area (Å²) in [5.74, 6) is -1.66. The summed E-state index contributed by atoms with van der Waals surface area (Å²) < 4.78 is 21.0. The van der Waals surface area contributed by atoms with Gasteiger partial charge in [-0.2, -0.15) is 0 Å². The van der Waals surface area contributed by atoms with Gasteiger partial charge in [0.05, 0.1) is 0 Å². The SMILES string of the molecule is C[C@H](NC(=O)OCc1ccccc1)C(=O)O[C@H](C)[C@H](NC(=O)OC(C)(C)C)C(=O)OCc1ccccc1. The van der Waals surface area contributed by atoms with Gasteiger partial charge in [-0.25, -0.2) is 19.2 Å². The van der Waals surface area contributed by atoms with E-state index >= 15 is 0 Å². The van der Waals surface area contributed by atoms with E-state index in [1.807, 2.05) is 24.3 Å². The highest BCUT2D eigenvalue weighted by Crippen LogP contribution is 2.11. The average Bonchev–Trinajstić information content (AvgIpc) is 2.84. The third-order valence-electron chi connectivity index (χ3n) is 4.82. The lowest BCUT2D eigenvalue weighted by atomic mass is 10.1. The lowest BCUT2D eigenvalue weighted by Crippen LogP contribution is -2.52. The molecule has 2 amide bonds. The molecule has 0 aliphatic carbocycles. The summed E-state index contributed by atoms with van der Waals surface area (Å²) in [5, 5.41) is 4.79. The number of carbonyl (C=O) groups excluding carboxylic acids is 4. The van der Waals surface area contributed by atoms with Crippen molar-refractivity contribution in [2.75, 3.05) is 0 Å². The molecule has 10 heteroatoms. The first kappa shape index (κ1) is 29.2. The van der Waals surface area contributed by atoms with E-state index in [-0.39, 0.29) is 13.2 Å². The van der Waals surface area contributed by atoms with Crippen molar-refractivity contribution < 1.29 is 38.1 Å². The number of alkyl carbamates (subject to hydrolysis) is 2. The summed E-state index contributed by atoms with van der Waals surface area (Å²) in [6, 6.07) is 15.6. The minimum Gasteiger partial charge on any atom is -0.459 e. The zero-order valence-corrected chi connectivity index (χ0v) is 21.7. The summed E-state index contributed by atoms with van der Waals surface area (Å²) in [5.41, 5.74) is 0.705. The van der Waals surface area contributed by atoms with Crippen molar-refractivity contribution in [2.45, 2.75) is 71.6 Å². The molecule has 3 atom stereocenters. The van der Waals surface area contributed by atoms with Crippen molar-refractivity contribution in [3.05, 3.63) is 71.8 Å². The standard InChI is InChI=1S/C27H34N2O8/c1-18(28-25(32)35-17-21-14-10-7-11-15-21)23(30)36-19(2)22(29-26(33)37-27(3,4)5)24(31)34-16-20-12-8-6-9-13-20/h6-15,18-19,22H,16-17H2,1-5H3,(H,28,32)(H,29,33)/t18-,19+,22-/m0/s1. The molecule has 0 fully saturated rings. The molecule has 0 aromatic heterocycles. The fourth-order valence-corrected chi connectivity index (χ4v) is 2.97. The molecule has 2 aromatic carbocycles. The predicted octanol–water partition coefficient (Wildman–Crippen LogP) is 3.87. The quantitative estimate of drug-likeness (QED) is 0.361. The van der Waals surface area contributed by atoms with Crippen molar-refractivity contribution >= 4 is 24.1 Å². The van der Waals surface area contributed by atoms with Crippen LogP contribution in [0.2, 0.25) is 0 Å². The summed E-state index contributed by atoms with van der Waals surface area (Å²) in [6.07, 6.45) is -2.84. The van der Waals surface area contributed by atoms with E-state index < -0.39 is 47.9 Å². The molecular weight excluding hydrogens is 480 g/mol. The van der Waals surface area contributed by atoms with Gasteiger partial charge >= 0.3 is 24.1 Å². The Bertz CT molecular complexity index is 1040. The molecule has 10 nitrogen and oxygen atoms in total. The molecule has 0 saturated carbocycles. The maximum absolute atomic E-state index is 12.8. The summed E-state index contributed by atoms with van der Waals surface area (Å²) in [4.78, 5) is 49.8. The van der Waals surface area contributed by atoms with Crippen molar-refractivity contribution in [1.29, 1.82) is 0 Å². The molecule has 2 rings (SSSR count). The molecule has 0 unspecified atom stereocenters. The minimum absolute atomic E-state index is 0.0278. The Labute approximate surface area is 216 Å². The van der Waals surface area contributed by atoms with Crippen molar-refractivity contribution in [3.8, 4) is 0 Å². The maximum atomic E-state index is 12.8. The van der Waals surface area contributed by atoms with Crippen LogP contribution < -0.4 is 10.6 Å². The third kappa shape index (κ3) is 11.0. The fraction of sp³-hybridized carbons (Fsp3) is 0.407. The van der Waals surface area contributed by atoms with Crippen LogP contribution in [0.25, 0.3) is 0 Å². The van der Waals surface area contributed by atoms with Gasteiger partial charge in [-0.15, -0.1) is 0 Å². The van der Waals surface area contributed by atoms with Crippen LogP contribution in [0.5, 0.6) is 0 Å². The van der Waals surface area contributed by atoms with Crippen LogP contribution in [0.15, 0.2) is 60.7 Å². The van der Waals surface area contributed by atoms with E-state index in [2.05, 4.69) is 10.6 Å². The second-order valence-corrected chi connectivity index (χ2v) is 9.29. The Hall–Kier alpha value is -4.08. The van der Waals surface area contributed by atoms with Gasteiger partial charge in [0.15, 0.2) is 6.04 Å². The number of hydrogen-bond acceptors (Lipinski definition) is 8. The number of carbonyl (C=O) groups is 4. The normalized spacial score (nSPS) is 13.3. The van der Waals surface area contributed by atoms with Crippen LogP contribution >= 0.6 is 0 Å². The highest BCUT2D eigenvalue weighted by molar-refractivity contribution is 5.84. The number of rotatable bonds is 10. The second kappa shape index (κ2) is 13.9. The number of esters is 2. The predicted molar refractivity (Wildman–Crippen MR) is 134 cm³/mol. The smallest absolute Gasteiger partial charge is 0.408 e. The average molecular weight is 515 g/mol. The minimum atomic E-state index is -1.36. The van der Waals surface area contributed by atoms with Crippen LogP contribution in [-0.4, -0.2) is 47.9 Å². The Morgan fingerprint density at radius 2 is 1.24 bits per heavy atom. The van der Waals surface area contributed by atoms with Crippen molar-refractivity contribution in [2.24, 2.45) is 0 Å². The number of amides is 2. The molecule has 0 heterocycles. The van der Waals surface area contributed by atoms with Gasteiger partial charge < -0.3 is 29.6 Å². The molecule has 0 radical (unpaired) electrons. The summed E-state index contributed by atoms with van der Waals surface area (Å²) in [6.45, 7) is 7.82. The van der Waals surface area contributed by atoms with Gasteiger partial charge in [0.25, 0.3) is 0 Å². The highest BCUT2D eigenvalue weighted by Gasteiger charge is 2.34. The summed E-state index contributed by atoms with van der Waals surface area (Å²) >= 11 is 0. The molecule has 37 heavy (non-hydrogen) atoms. The lowest BCUT2D eigenvalue weighted by molar-refractivity contribution is -0.159. The number of nitrogens with one attached hydrogen (secondary N) is 2. The molecule has 0 bridgehead atoms. The highest BCUT2D eigenvalue weighted by atomic mass is 16.6. The zero-order valence-electron chi connectivity index (χ0n) is 21.7. The van der Waals surface area contributed by atoms with E-state index in [1.165, 1.54) is 13.8 Å². The van der Waals surface area contributed by atoms with Gasteiger partial charge in [-0.05, 0) is 45.7 Å². The molecule has 0 spiro atoms. The molecule has 2 aromatic rings. The lowest BCUT2D eigenvalue weighted by Gasteiger charge is -2.27. The third-order valence-corrected chi connectivity index (χ3v) is 4.82. The van der Waals surface area contributed by atoms with Crippen LogP contribution in [0, 0.1) is 0 Å². The van der Waals surface area contributed by atoms with Crippen LogP contribution in [0.3, 0.4) is 0 Å².